The molecule has 4 rings (SSSR count). The van der Waals surface area contributed by atoms with E-state index in [1.165, 1.54) is 19.2 Å². The molecule has 8 heteroatoms. The lowest BCUT2D eigenvalue weighted by Crippen LogP contribution is -2.40. The van der Waals surface area contributed by atoms with Crippen molar-refractivity contribution in [3.05, 3.63) is 90.0 Å². The number of nitrogens with zero attached hydrogens (tertiary/aromatic N) is 1. The molecule has 7 nitrogen and oxygen atoms in total. The normalized spacial score (nSPS) is 13.2. The molecule has 0 saturated heterocycles. The third kappa shape index (κ3) is 4.76. The average molecular weight is 453 g/mol. The van der Waals surface area contributed by atoms with Crippen molar-refractivity contribution in [1.82, 2.24) is 9.62 Å². The number of rotatable bonds is 7. The molecule has 3 aromatic rings. The average Bonchev–Trinajstić information content (AvgIpc) is 2.83. The molecule has 1 amide bonds. The van der Waals surface area contributed by atoms with Crippen LogP contribution in [0.3, 0.4) is 0 Å². The number of ether oxygens (including phenoxy) is 2. The second-order valence-electron chi connectivity index (χ2n) is 7.39. The van der Waals surface area contributed by atoms with Gasteiger partial charge in [-0.25, -0.2) is 8.42 Å². The Bertz CT molecular complexity index is 1140. The van der Waals surface area contributed by atoms with E-state index in [1.807, 2.05) is 60.7 Å². The van der Waals surface area contributed by atoms with Crippen LogP contribution in [-0.2, 0) is 14.8 Å². The number of nitrogens with one attached hydrogen (secondary N) is 1. The van der Waals surface area contributed by atoms with Crippen molar-refractivity contribution in [3.63, 3.8) is 0 Å². The first kappa shape index (κ1) is 21.9. The molecule has 1 aliphatic heterocycles. The summed E-state index contributed by atoms with van der Waals surface area (Å²) in [5.74, 6) is 0.471. The SMILES string of the molecule is CN(CC(=O)NC(c1ccccc1)c1ccccc1)S(=O)(=O)c1ccc2c(c1)OCCO2. The van der Waals surface area contributed by atoms with E-state index >= 15 is 0 Å². The molecule has 1 heterocycles. The zero-order valence-electron chi connectivity index (χ0n) is 17.6. The Morgan fingerprint density at radius 2 is 1.47 bits per heavy atom. The van der Waals surface area contributed by atoms with Crippen LogP contribution >= 0.6 is 0 Å². The summed E-state index contributed by atoms with van der Waals surface area (Å²) in [6, 6.07) is 23.1. The lowest BCUT2D eigenvalue weighted by Gasteiger charge is -2.23. The van der Waals surface area contributed by atoms with Crippen LogP contribution in [0.5, 0.6) is 11.5 Å². The van der Waals surface area contributed by atoms with Crippen molar-refractivity contribution >= 4 is 15.9 Å². The molecule has 3 aromatic carbocycles. The highest BCUT2D eigenvalue weighted by molar-refractivity contribution is 7.89. The second kappa shape index (κ2) is 9.42. The van der Waals surface area contributed by atoms with Gasteiger partial charge in [-0.2, -0.15) is 4.31 Å². The molecule has 166 valence electrons. The van der Waals surface area contributed by atoms with Gasteiger partial charge in [0.2, 0.25) is 15.9 Å². The maximum atomic E-state index is 13.0. The molecule has 0 atom stereocenters. The molecule has 0 radical (unpaired) electrons. The van der Waals surface area contributed by atoms with Crippen LogP contribution in [0, 0.1) is 0 Å². The van der Waals surface area contributed by atoms with E-state index < -0.39 is 22.0 Å². The van der Waals surface area contributed by atoms with Gasteiger partial charge in [0.25, 0.3) is 0 Å². The highest BCUT2D eigenvalue weighted by atomic mass is 32.2. The predicted molar refractivity (Wildman–Crippen MR) is 120 cm³/mol. The van der Waals surface area contributed by atoms with Crippen LogP contribution in [0.25, 0.3) is 0 Å². The van der Waals surface area contributed by atoms with Crippen molar-refractivity contribution in [1.29, 1.82) is 0 Å². The summed E-state index contributed by atoms with van der Waals surface area (Å²) in [7, 11) is -2.51. The summed E-state index contributed by atoms with van der Waals surface area (Å²) in [4.78, 5) is 12.9. The van der Waals surface area contributed by atoms with Gasteiger partial charge in [0.15, 0.2) is 11.5 Å². The zero-order valence-corrected chi connectivity index (χ0v) is 18.4. The van der Waals surface area contributed by atoms with Gasteiger partial charge in [-0.3, -0.25) is 4.79 Å². The number of carbonyl (C=O) groups is 1. The predicted octanol–water partition coefficient (Wildman–Crippen LogP) is 2.98. The van der Waals surface area contributed by atoms with Gasteiger partial charge in [0, 0.05) is 13.1 Å². The molecule has 0 unspecified atom stereocenters. The number of carbonyl (C=O) groups excluding carboxylic acids is 1. The third-order valence-electron chi connectivity index (χ3n) is 5.16. The summed E-state index contributed by atoms with van der Waals surface area (Å²) in [5.41, 5.74) is 1.81. The lowest BCUT2D eigenvalue weighted by atomic mass is 9.99. The minimum absolute atomic E-state index is 0.0414. The van der Waals surface area contributed by atoms with E-state index in [0.29, 0.717) is 24.7 Å². The summed E-state index contributed by atoms with van der Waals surface area (Å²) < 4.78 is 38.0. The Morgan fingerprint density at radius 1 is 0.906 bits per heavy atom. The number of benzene rings is 3. The fourth-order valence-electron chi connectivity index (χ4n) is 3.51. The number of hydrogen-bond donors (Lipinski definition) is 1. The minimum atomic E-state index is -3.90. The topological polar surface area (TPSA) is 84.9 Å². The summed E-state index contributed by atoms with van der Waals surface area (Å²) in [6.45, 7) is 0.450. The molecule has 1 aliphatic rings. The molecule has 1 N–H and O–H groups in total. The quantitative estimate of drug-likeness (QED) is 0.596. The Hall–Kier alpha value is -3.36. The van der Waals surface area contributed by atoms with E-state index in [-0.39, 0.29) is 11.4 Å². The number of likely N-dealkylation sites (N-methyl/N-ethyl adjacent to an activating group) is 1. The Balaban J connectivity index is 1.51. The van der Waals surface area contributed by atoms with Crippen molar-refractivity contribution in [2.45, 2.75) is 10.9 Å². The summed E-state index contributed by atoms with van der Waals surface area (Å²) in [6.07, 6.45) is 0. The lowest BCUT2D eigenvalue weighted by molar-refractivity contribution is -0.121. The smallest absolute Gasteiger partial charge is 0.243 e. The van der Waals surface area contributed by atoms with Crippen LogP contribution in [-0.4, -0.2) is 45.4 Å². The monoisotopic (exact) mass is 452 g/mol. The van der Waals surface area contributed by atoms with Crippen molar-refractivity contribution < 1.29 is 22.7 Å². The van der Waals surface area contributed by atoms with Gasteiger partial charge >= 0.3 is 0 Å². The molecule has 0 fully saturated rings. The largest absolute Gasteiger partial charge is 0.486 e. The van der Waals surface area contributed by atoms with Gasteiger partial charge < -0.3 is 14.8 Å². The molecular weight excluding hydrogens is 428 g/mol. The van der Waals surface area contributed by atoms with E-state index in [1.54, 1.807) is 6.07 Å². The van der Waals surface area contributed by atoms with Crippen molar-refractivity contribution in [2.24, 2.45) is 0 Å². The molecule has 0 spiro atoms. The zero-order chi connectivity index (χ0) is 22.6. The van der Waals surface area contributed by atoms with Crippen LogP contribution in [0.1, 0.15) is 17.2 Å². The second-order valence-corrected chi connectivity index (χ2v) is 9.43. The van der Waals surface area contributed by atoms with Gasteiger partial charge in [-0.15, -0.1) is 0 Å². The Morgan fingerprint density at radius 3 is 2.06 bits per heavy atom. The van der Waals surface area contributed by atoms with Crippen molar-refractivity contribution in [3.8, 4) is 11.5 Å². The first-order valence-corrected chi connectivity index (χ1v) is 11.6. The number of amides is 1. The summed E-state index contributed by atoms with van der Waals surface area (Å²) >= 11 is 0. The number of hydrogen-bond acceptors (Lipinski definition) is 5. The van der Waals surface area contributed by atoms with Crippen molar-refractivity contribution in [2.75, 3.05) is 26.8 Å². The Kier molecular flexibility index (Phi) is 6.43. The highest BCUT2D eigenvalue weighted by Gasteiger charge is 2.26. The summed E-state index contributed by atoms with van der Waals surface area (Å²) in [5, 5.41) is 2.96. The minimum Gasteiger partial charge on any atom is -0.486 e. The van der Waals surface area contributed by atoms with Gasteiger partial charge in [-0.05, 0) is 23.3 Å². The van der Waals surface area contributed by atoms with Crippen LogP contribution in [0.15, 0.2) is 83.8 Å². The van der Waals surface area contributed by atoms with E-state index in [4.69, 9.17) is 9.47 Å². The van der Waals surface area contributed by atoms with Crippen LogP contribution in [0.2, 0.25) is 0 Å². The Labute approximate surface area is 187 Å². The standard InChI is InChI=1S/C24H24N2O5S/c1-26(32(28,29)20-12-13-21-22(16-20)31-15-14-30-21)17-23(27)25-24(18-8-4-2-5-9-18)19-10-6-3-7-11-19/h2-13,16,24H,14-15,17H2,1H3,(H,25,27). The third-order valence-corrected chi connectivity index (χ3v) is 6.96. The van der Waals surface area contributed by atoms with Gasteiger partial charge in [0.1, 0.15) is 13.2 Å². The van der Waals surface area contributed by atoms with E-state index in [9.17, 15) is 13.2 Å². The number of sulfonamides is 1. The van der Waals surface area contributed by atoms with E-state index in [2.05, 4.69) is 5.32 Å². The highest BCUT2D eigenvalue weighted by Crippen LogP contribution is 2.33. The van der Waals surface area contributed by atoms with Crippen LogP contribution in [0.4, 0.5) is 0 Å². The fourth-order valence-corrected chi connectivity index (χ4v) is 4.65. The first-order chi connectivity index (χ1) is 15.4. The number of fused-ring (bicyclic) bond motifs is 1. The van der Waals surface area contributed by atoms with Crippen LogP contribution < -0.4 is 14.8 Å². The molecule has 0 aliphatic carbocycles. The molecule has 0 bridgehead atoms. The maximum Gasteiger partial charge on any atom is 0.243 e. The van der Waals surface area contributed by atoms with E-state index in [0.717, 1.165) is 15.4 Å². The molecule has 32 heavy (non-hydrogen) atoms. The molecule has 0 saturated carbocycles. The maximum absolute atomic E-state index is 13.0. The first-order valence-electron chi connectivity index (χ1n) is 10.2. The molecule has 0 aromatic heterocycles. The van der Waals surface area contributed by atoms with Gasteiger partial charge in [-0.1, -0.05) is 60.7 Å². The fraction of sp³-hybridized carbons (Fsp3) is 0.208. The molecular formula is C24H24N2O5S. The van der Waals surface area contributed by atoms with Gasteiger partial charge in [0.05, 0.1) is 17.5 Å².